The Hall–Kier alpha value is -2.92. The van der Waals surface area contributed by atoms with E-state index < -0.39 is 22.0 Å². The number of rotatable bonds is 8. The standard InChI is InChI=1S/C23H24N4O3S3/c1-32-19-14-12-18(13-15-19)24-23(31)26-25-22(28)21(16-17-8-4-2-5-9-17)27-33(29,30)20-10-6-3-7-11-20/h2-15,21,27H,16H2,1H3,(H,25,28)(H2,24,26,31)/t21-/m0/s1. The number of nitrogens with one attached hydrogen (secondary N) is 4. The Bertz CT molecular complexity index is 1170. The van der Waals surface area contributed by atoms with Crippen molar-refractivity contribution in [1.82, 2.24) is 15.6 Å². The van der Waals surface area contributed by atoms with E-state index in [1.54, 1.807) is 30.0 Å². The van der Waals surface area contributed by atoms with Crippen LogP contribution >= 0.6 is 24.0 Å². The van der Waals surface area contributed by atoms with E-state index in [0.29, 0.717) is 0 Å². The lowest BCUT2D eigenvalue weighted by Gasteiger charge is -2.20. The number of amides is 1. The molecule has 1 amide bonds. The minimum atomic E-state index is -3.91. The Kier molecular flexibility index (Phi) is 8.84. The minimum absolute atomic E-state index is 0.0784. The number of benzene rings is 3. The van der Waals surface area contributed by atoms with E-state index in [1.807, 2.05) is 60.9 Å². The summed E-state index contributed by atoms with van der Waals surface area (Å²) in [5.41, 5.74) is 6.69. The maximum atomic E-state index is 12.9. The first-order chi connectivity index (χ1) is 15.9. The maximum absolute atomic E-state index is 12.9. The van der Waals surface area contributed by atoms with Gasteiger partial charge >= 0.3 is 0 Å². The summed E-state index contributed by atoms with van der Waals surface area (Å²) in [5, 5.41) is 3.14. The molecule has 0 aliphatic rings. The maximum Gasteiger partial charge on any atom is 0.256 e. The summed E-state index contributed by atoms with van der Waals surface area (Å²) >= 11 is 6.87. The first-order valence-corrected chi connectivity index (χ1v) is 13.1. The topological polar surface area (TPSA) is 99.3 Å². The lowest BCUT2D eigenvalue weighted by atomic mass is 10.1. The summed E-state index contributed by atoms with van der Waals surface area (Å²) < 4.78 is 28.1. The van der Waals surface area contributed by atoms with Gasteiger partial charge < -0.3 is 5.32 Å². The van der Waals surface area contributed by atoms with E-state index in [4.69, 9.17) is 12.2 Å². The number of carbonyl (C=O) groups excluding carboxylic acids is 1. The van der Waals surface area contributed by atoms with E-state index in [0.717, 1.165) is 16.1 Å². The summed E-state index contributed by atoms with van der Waals surface area (Å²) in [6.07, 6.45) is 2.15. The van der Waals surface area contributed by atoms with Crippen LogP contribution < -0.4 is 20.9 Å². The third kappa shape index (κ3) is 7.57. The van der Waals surface area contributed by atoms with Crippen LogP contribution in [0.3, 0.4) is 0 Å². The lowest BCUT2D eigenvalue weighted by Crippen LogP contribution is -2.53. The molecule has 4 N–H and O–H groups in total. The summed E-state index contributed by atoms with van der Waals surface area (Å²) in [5.74, 6) is -0.569. The molecule has 3 aromatic carbocycles. The molecule has 0 spiro atoms. The van der Waals surface area contributed by atoms with Crippen LogP contribution in [0.25, 0.3) is 0 Å². The molecule has 0 heterocycles. The fourth-order valence-electron chi connectivity index (χ4n) is 2.93. The van der Waals surface area contributed by atoms with Crippen molar-refractivity contribution in [1.29, 1.82) is 0 Å². The van der Waals surface area contributed by atoms with Crippen molar-refractivity contribution in [3.63, 3.8) is 0 Å². The molecular weight excluding hydrogens is 476 g/mol. The van der Waals surface area contributed by atoms with E-state index in [-0.39, 0.29) is 16.4 Å². The van der Waals surface area contributed by atoms with Crippen molar-refractivity contribution < 1.29 is 13.2 Å². The van der Waals surface area contributed by atoms with Crippen LogP contribution in [-0.4, -0.2) is 31.7 Å². The molecule has 0 fully saturated rings. The highest BCUT2D eigenvalue weighted by molar-refractivity contribution is 7.98. The Morgan fingerprint density at radius 2 is 1.52 bits per heavy atom. The predicted octanol–water partition coefficient (Wildman–Crippen LogP) is 3.32. The molecular formula is C23H24N4O3S3. The third-order valence-electron chi connectivity index (χ3n) is 4.60. The molecule has 33 heavy (non-hydrogen) atoms. The highest BCUT2D eigenvalue weighted by Crippen LogP contribution is 2.17. The molecule has 0 unspecified atom stereocenters. The van der Waals surface area contributed by atoms with E-state index in [2.05, 4.69) is 20.9 Å². The second kappa shape index (κ2) is 11.8. The third-order valence-corrected chi connectivity index (χ3v) is 7.03. The second-order valence-corrected chi connectivity index (χ2v) is 9.98. The van der Waals surface area contributed by atoms with Crippen LogP contribution in [0.4, 0.5) is 5.69 Å². The Labute approximate surface area is 203 Å². The normalized spacial score (nSPS) is 11.9. The number of hydrogen-bond donors (Lipinski definition) is 4. The molecule has 0 aliphatic carbocycles. The van der Waals surface area contributed by atoms with E-state index >= 15 is 0 Å². The Balaban J connectivity index is 1.67. The number of carbonyl (C=O) groups is 1. The number of thioether (sulfide) groups is 1. The van der Waals surface area contributed by atoms with Gasteiger partial charge in [0.1, 0.15) is 6.04 Å². The van der Waals surface area contributed by atoms with E-state index in [1.165, 1.54) is 12.1 Å². The molecule has 3 aromatic rings. The molecule has 172 valence electrons. The summed E-state index contributed by atoms with van der Waals surface area (Å²) in [7, 11) is -3.91. The van der Waals surface area contributed by atoms with Gasteiger partial charge in [0.2, 0.25) is 10.0 Å². The lowest BCUT2D eigenvalue weighted by molar-refractivity contribution is -0.123. The molecule has 0 saturated heterocycles. The molecule has 7 nitrogen and oxygen atoms in total. The molecule has 3 rings (SSSR count). The largest absolute Gasteiger partial charge is 0.331 e. The zero-order valence-corrected chi connectivity index (χ0v) is 20.3. The Morgan fingerprint density at radius 3 is 2.12 bits per heavy atom. The number of hydrazine groups is 1. The highest BCUT2D eigenvalue weighted by atomic mass is 32.2. The van der Waals surface area contributed by atoms with Gasteiger partial charge in [-0.25, -0.2) is 8.42 Å². The van der Waals surface area contributed by atoms with Crippen molar-refractivity contribution in [2.24, 2.45) is 0 Å². The fourth-order valence-corrected chi connectivity index (χ4v) is 4.73. The summed E-state index contributed by atoms with van der Waals surface area (Å²) in [4.78, 5) is 14.1. The van der Waals surface area contributed by atoms with Gasteiger partial charge in [-0.3, -0.25) is 15.6 Å². The molecule has 0 radical (unpaired) electrons. The van der Waals surface area contributed by atoms with Crippen LogP contribution in [0.2, 0.25) is 0 Å². The van der Waals surface area contributed by atoms with Gasteiger partial charge in [0.25, 0.3) is 5.91 Å². The molecule has 0 bridgehead atoms. The van der Waals surface area contributed by atoms with Gasteiger partial charge in [0.15, 0.2) is 5.11 Å². The predicted molar refractivity (Wildman–Crippen MR) is 136 cm³/mol. The number of anilines is 1. The molecule has 0 aromatic heterocycles. The van der Waals surface area contributed by atoms with Crippen LogP contribution in [0.1, 0.15) is 5.56 Å². The van der Waals surface area contributed by atoms with Crippen molar-refractivity contribution in [3.8, 4) is 0 Å². The molecule has 0 aliphatic heterocycles. The fraction of sp³-hybridized carbons (Fsp3) is 0.130. The quantitative estimate of drug-likeness (QED) is 0.214. The molecule has 10 heteroatoms. The molecule has 1 atom stereocenters. The van der Waals surface area contributed by atoms with Crippen LogP contribution in [-0.2, 0) is 21.2 Å². The van der Waals surface area contributed by atoms with Gasteiger partial charge in [0.05, 0.1) is 4.90 Å². The number of thiocarbonyl (C=S) groups is 1. The minimum Gasteiger partial charge on any atom is -0.331 e. The van der Waals surface area contributed by atoms with Gasteiger partial charge in [-0.05, 0) is 66.9 Å². The first kappa shape index (κ1) is 24.7. The van der Waals surface area contributed by atoms with E-state index in [9.17, 15) is 13.2 Å². The van der Waals surface area contributed by atoms with Gasteiger partial charge in [-0.1, -0.05) is 48.5 Å². The van der Waals surface area contributed by atoms with Gasteiger partial charge in [-0.2, -0.15) is 4.72 Å². The highest BCUT2D eigenvalue weighted by Gasteiger charge is 2.26. The van der Waals surface area contributed by atoms with Crippen molar-refractivity contribution in [2.75, 3.05) is 11.6 Å². The molecule has 0 saturated carbocycles. The van der Waals surface area contributed by atoms with Crippen molar-refractivity contribution in [2.45, 2.75) is 22.3 Å². The smallest absolute Gasteiger partial charge is 0.256 e. The average molecular weight is 501 g/mol. The zero-order valence-electron chi connectivity index (χ0n) is 17.8. The second-order valence-electron chi connectivity index (χ2n) is 6.97. The SMILES string of the molecule is CSc1ccc(NC(=S)NNC(=O)[C@H](Cc2ccccc2)NS(=O)(=O)c2ccccc2)cc1. The Morgan fingerprint density at radius 1 is 0.909 bits per heavy atom. The van der Waals surface area contributed by atoms with Crippen LogP contribution in [0.15, 0.2) is 94.7 Å². The van der Waals surface area contributed by atoms with Crippen molar-refractivity contribution in [3.05, 3.63) is 90.5 Å². The summed E-state index contributed by atoms with van der Waals surface area (Å²) in [6, 6.07) is 23.6. The summed E-state index contributed by atoms with van der Waals surface area (Å²) in [6.45, 7) is 0. The number of hydrogen-bond acceptors (Lipinski definition) is 5. The monoisotopic (exact) mass is 500 g/mol. The van der Waals surface area contributed by atoms with Crippen LogP contribution in [0.5, 0.6) is 0 Å². The number of sulfonamides is 1. The zero-order chi connectivity index (χ0) is 23.7. The average Bonchev–Trinajstić information content (AvgIpc) is 2.83. The van der Waals surface area contributed by atoms with Crippen LogP contribution in [0, 0.1) is 0 Å². The van der Waals surface area contributed by atoms with Crippen molar-refractivity contribution >= 4 is 50.7 Å². The first-order valence-electron chi connectivity index (χ1n) is 9.99. The van der Waals surface area contributed by atoms with Gasteiger partial charge in [0, 0.05) is 10.6 Å². The van der Waals surface area contributed by atoms with Gasteiger partial charge in [-0.15, -0.1) is 11.8 Å².